The van der Waals surface area contributed by atoms with Crippen molar-refractivity contribution in [2.24, 2.45) is 0 Å². The molecular weight excluding hydrogens is 174 g/mol. The van der Waals surface area contributed by atoms with Crippen LogP contribution in [-0.2, 0) is 0 Å². The third kappa shape index (κ3) is 1.32. The molecule has 0 bridgehead atoms. The van der Waals surface area contributed by atoms with Crippen LogP contribution in [0.4, 0.5) is 5.69 Å². The first-order valence-electron chi connectivity index (χ1n) is 4.22. The largest absolute Gasteiger partial charge is 0.380 e. The Morgan fingerprint density at radius 3 is 2.79 bits per heavy atom. The fourth-order valence-electron chi connectivity index (χ4n) is 1.41. The van der Waals surface area contributed by atoms with Crippen molar-refractivity contribution in [2.75, 3.05) is 11.9 Å². The van der Waals surface area contributed by atoms with Crippen molar-refractivity contribution in [1.82, 2.24) is 0 Å². The van der Waals surface area contributed by atoms with E-state index in [2.05, 4.69) is 17.5 Å². The Hall–Kier alpha value is -2.26. The molecule has 1 aromatic carbocycles. The van der Waals surface area contributed by atoms with Crippen LogP contribution in [0.3, 0.4) is 0 Å². The number of anilines is 1. The van der Waals surface area contributed by atoms with Gasteiger partial charge >= 0.3 is 0 Å². The van der Waals surface area contributed by atoms with Gasteiger partial charge in [-0.2, -0.15) is 10.5 Å². The highest BCUT2D eigenvalue weighted by atomic mass is 14.9. The van der Waals surface area contributed by atoms with Gasteiger partial charge in [-0.1, -0.05) is 0 Å². The fourth-order valence-corrected chi connectivity index (χ4v) is 1.41. The molecule has 66 valence electrons. The summed E-state index contributed by atoms with van der Waals surface area (Å²) < 4.78 is 0. The fraction of sp³-hybridized carbons (Fsp3) is 0.0909. The van der Waals surface area contributed by atoms with Crippen LogP contribution in [0.15, 0.2) is 23.8 Å². The van der Waals surface area contributed by atoms with Crippen LogP contribution >= 0.6 is 0 Å². The molecule has 1 N–H and O–H groups in total. The highest BCUT2D eigenvalue weighted by molar-refractivity contribution is 5.75. The molecule has 0 aliphatic carbocycles. The normalized spacial score (nSPS) is 12.9. The summed E-state index contributed by atoms with van der Waals surface area (Å²) in [6.07, 6.45) is 1.81. The molecule has 1 aliphatic rings. The molecule has 3 heteroatoms. The molecule has 3 nitrogen and oxygen atoms in total. The maximum absolute atomic E-state index is 8.72. The second-order valence-corrected chi connectivity index (χ2v) is 3.05. The average Bonchev–Trinajstić information content (AvgIpc) is 2.27. The van der Waals surface area contributed by atoms with Gasteiger partial charge in [0.25, 0.3) is 0 Å². The van der Waals surface area contributed by atoms with Gasteiger partial charge in [-0.25, -0.2) is 0 Å². The molecule has 0 saturated carbocycles. The summed E-state index contributed by atoms with van der Waals surface area (Å²) in [6.45, 7) is 0.565. The highest BCUT2D eigenvalue weighted by Crippen LogP contribution is 2.24. The monoisotopic (exact) mass is 181 g/mol. The Morgan fingerprint density at radius 1 is 1.21 bits per heavy atom. The third-order valence-electron chi connectivity index (χ3n) is 2.12. The summed E-state index contributed by atoms with van der Waals surface area (Å²) in [6, 6.07) is 9.57. The Kier molecular flexibility index (Phi) is 1.93. The van der Waals surface area contributed by atoms with E-state index in [4.69, 9.17) is 10.5 Å². The minimum Gasteiger partial charge on any atom is -0.380 e. The molecule has 0 fully saturated rings. The first-order valence-corrected chi connectivity index (χ1v) is 4.22. The molecule has 0 spiro atoms. The van der Waals surface area contributed by atoms with Gasteiger partial charge in [0.15, 0.2) is 0 Å². The van der Waals surface area contributed by atoms with Gasteiger partial charge < -0.3 is 5.32 Å². The van der Waals surface area contributed by atoms with Crippen LogP contribution in [0, 0.1) is 22.7 Å². The lowest BCUT2D eigenvalue weighted by Gasteiger charge is -2.14. The van der Waals surface area contributed by atoms with Gasteiger partial charge in [0.05, 0.1) is 24.2 Å². The minimum atomic E-state index is 0.565. The van der Waals surface area contributed by atoms with Crippen molar-refractivity contribution in [3.05, 3.63) is 34.9 Å². The molecule has 0 saturated heterocycles. The zero-order valence-corrected chi connectivity index (χ0v) is 7.41. The van der Waals surface area contributed by atoms with E-state index in [1.165, 1.54) is 0 Å². The molecular formula is C11H7N3. The summed E-state index contributed by atoms with van der Waals surface area (Å²) in [4.78, 5) is 0. The lowest BCUT2D eigenvalue weighted by molar-refractivity contribution is 1.24. The van der Waals surface area contributed by atoms with Gasteiger partial charge in [-0.15, -0.1) is 0 Å². The van der Waals surface area contributed by atoms with Crippen LogP contribution in [0.1, 0.15) is 11.1 Å². The zero-order chi connectivity index (χ0) is 9.97. The van der Waals surface area contributed by atoms with Crippen molar-refractivity contribution in [3.63, 3.8) is 0 Å². The van der Waals surface area contributed by atoms with Crippen LogP contribution in [0.5, 0.6) is 0 Å². The third-order valence-corrected chi connectivity index (χ3v) is 2.12. The Morgan fingerprint density at radius 2 is 2.07 bits per heavy atom. The second kappa shape index (κ2) is 3.24. The van der Waals surface area contributed by atoms with E-state index in [9.17, 15) is 0 Å². The number of nitrogens with zero attached hydrogens (tertiary/aromatic N) is 2. The van der Waals surface area contributed by atoms with Gasteiger partial charge in [0.2, 0.25) is 0 Å². The Bertz CT molecular complexity index is 486. The van der Waals surface area contributed by atoms with E-state index in [-0.39, 0.29) is 0 Å². The van der Waals surface area contributed by atoms with Crippen LogP contribution in [-0.4, -0.2) is 6.54 Å². The van der Waals surface area contributed by atoms with Gasteiger partial charge in [0.1, 0.15) is 0 Å². The van der Waals surface area contributed by atoms with Crippen molar-refractivity contribution >= 4 is 11.8 Å². The predicted octanol–water partition coefficient (Wildman–Crippen LogP) is 1.89. The summed E-state index contributed by atoms with van der Waals surface area (Å²) in [7, 11) is 0. The van der Waals surface area contributed by atoms with Gasteiger partial charge in [0, 0.05) is 11.3 Å². The zero-order valence-electron chi connectivity index (χ0n) is 7.41. The molecule has 1 aliphatic heterocycles. The molecule has 14 heavy (non-hydrogen) atoms. The molecule has 1 heterocycles. The SMILES string of the molecule is N#CC1=Cc2cc(C#N)ccc2NC1. The second-order valence-electron chi connectivity index (χ2n) is 3.05. The van der Waals surface area contributed by atoms with Crippen molar-refractivity contribution in [1.29, 1.82) is 10.5 Å². The maximum Gasteiger partial charge on any atom is 0.0991 e. The maximum atomic E-state index is 8.72. The van der Waals surface area contributed by atoms with Gasteiger partial charge in [-0.3, -0.25) is 0 Å². The summed E-state index contributed by atoms with van der Waals surface area (Å²) >= 11 is 0. The van der Waals surface area contributed by atoms with Crippen molar-refractivity contribution in [3.8, 4) is 12.1 Å². The molecule has 0 radical (unpaired) electrons. The number of hydrogen-bond acceptors (Lipinski definition) is 3. The van der Waals surface area contributed by atoms with E-state index < -0.39 is 0 Å². The van der Waals surface area contributed by atoms with Crippen LogP contribution in [0.25, 0.3) is 6.08 Å². The first-order chi connectivity index (χ1) is 6.83. The molecule has 2 rings (SSSR count). The molecule has 0 unspecified atom stereocenters. The quantitative estimate of drug-likeness (QED) is 0.664. The summed E-state index contributed by atoms with van der Waals surface area (Å²) in [5, 5.41) is 20.5. The standard InChI is InChI=1S/C11H7N3/c12-5-8-1-2-11-10(3-8)4-9(6-13)7-14-11/h1-4,14H,7H2. The predicted molar refractivity (Wildman–Crippen MR) is 53.2 cm³/mol. The Labute approximate surface area is 81.9 Å². The minimum absolute atomic E-state index is 0.565. The van der Waals surface area contributed by atoms with Crippen molar-refractivity contribution < 1.29 is 0 Å². The lowest BCUT2D eigenvalue weighted by atomic mass is 10.0. The molecule has 0 aromatic heterocycles. The van der Waals surface area contributed by atoms with Crippen LogP contribution < -0.4 is 5.32 Å². The topological polar surface area (TPSA) is 59.6 Å². The molecule has 1 aromatic rings. The summed E-state index contributed by atoms with van der Waals surface area (Å²) in [5.74, 6) is 0. The number of rotatable bonds is 0. The number of benzene rings is 1. The number of nitriles is 2. The van der Waals surface area contributed by atoms with E-state index in [1.54, 1.807) is 12.1 Å². The number of fused-ring (bicyclic) bond motifs is 1. The van der Waals surface area contributed by atoms with E-state index in [0.717, 1.165) is 11.3 Å². The van der Waals surface area contributed by atoms with Gasteiger partial charge in [-0.05, 0) is 29.8 Å². The van der Waals surface area contributed by atoms with E-state index in [0.29, 0.717) is 17.7 Å². The highest BCUT2D eigenvalue weighted by Gasteiger charge is 2.09. The average molecular weight is 181 g/mol. The number of nitrogens with one attached hydrogen (secondary N) is 1. The summed E-state index contributed by atoms with van der Waals surface area (Å²) in [5.41, 5.74) is 3.18. The Balaban J connectivity index is 2.52. The van der Waals surface area contributed by atoms with Crippen molar-refractivity contribution in [2.45, 2.75) is 0 Å². The first kappa shape index (κ1) is 8.34. The van der Waals surface area contributed by atoms with E-state index in [1.807, 2.05) is 12.1 Å². The van der Waals surface area contributed by atoms with E-state index >= 15 is 0 Å². The lowest BCUT2D eigenvalue weighted by Crippen LogP contribution is -2.09. The smallest absolute Gasteiger partial charge is 0.0991 e. The van der Waals surface area contributed by atoms with Crippen LogP contribution in [0.2, 0.25) is 0 Å². The molecule has 0 atom stereocenters. The molecule has 0 amide bonds. The number of hydrogen-bond donors (Lipinski definition) is 1.